The minimum atomic E-state index is -6.19. The molecule has 8 nitrogen and oxygen atoms in total. The maximum absolute atomic E-state index is 14.8. The van der Waals surface area contributed by atoms with Crippen molar-refractivity contribution < 1.29 is 44.7 Å². The first-order chi connectivity index (χ1) is 17.6. The van der Waals surface area contributed by atoms with Gasteiger partial charge in [-0.05, 0) is 25.0 Å². The highest BCUT2D eigenvalue weighted by Gasteiger charge is 2.62. The molecule has 2 heterocycles. The summed E-state index contributed by atoms with van der Waals surface area (Å²) in [5, 5.41) is 18.1. The van der Waals surface area contributed by atoms with Gasteiger partial charge >= 0.3 is 18.7 Å². The number of rotatable bonds is 7. The normalized spacial score (nSPS) is 14.9. The molecule has 1 amide bonds. The van der Waals surface area contributed by atoms with E-state index in [1.165, 1.54) is 0 Å². The molecule has 1 aliphatic carbocycles. The van der Waals surface area contributed by atoms with Gasteiger partial charge < -0.3 is 10.1 Å². The summed E-state index contributed by atoms with van der Waals surface area (Å²) in [4.78, 5) is 12.6. The molecule has 1 saturated carbocycles. The molecule has 0 bridgehead atoms. The fourth-order valence-corrected chi connectivity index (χ4v) is 3.72. The first-order valence-corrected chi connectivity index (χ1v) is 10.7. The molecule has 0 aliphatic heterocycles. The van der Waals surface area contributed by atoms with E-state index in [1.54, 1.807) is 0 Å². The number of carbonyl (C=O) groups excluding carboxylic acids is 1. The van der Waals surface area contributed by atoms with Gasteiger partial charge in [-0.15, -0.1) is 0 Å². The lowest BCUT2D eigenvalue weighted by atomic mass is 10.0. The highest BCUT2D eigenvalue weighted by molar-refractivity contribution is 6.34. The van der Waals surface area contributed by atoms with Gasteiger partial charge in [0.1, 0.15) is 11.4 Å². The van der Waals surface area contributed by atoms with Gasteiger partial charge in [0, 0.05) is 24.4 Å². The molecule has 0 radical (unpaired) electrons. The molecule has 202 valence electrons. The monoisotopic (exact) mass is 568 g/mol. The average molecular weight is 569 g/mol. The number of nitrogens with zero attached hydrogens (tertiary/aromatic N) is 5. The average Bonchev–Trinajstić information content (AvgIpc) is 3.27. The Bertz CT molecular complexity index is 1450. The van der Waals surface area contributed by atoms with Gasteiger partial charge in [-0.2, -0.15) is 46.2 Å². The van der Waals surface area contributed by atoms with Gasteiger partial charge in [0.2, 0.25) is 0 Å². The number of nitrogens with one attached hydrogen (secondary N) is 1. The summed E-state index contributed by atoms with van der Waals surface area (Å²) in [6, 6.07) is 3.73. The van der Waals surface area contributed by atoms with E-state index in [-0.39, 0.29) is 21.7 Å². The smallest absolute Gasteiger partial charge is 0.428 e. The van der Waals surface area contributed by atoms with Crippen molar-refractivity contribution in [1.82, 2.24) is 24.9 Å². The largest absolute Gasteiger partial charge is 0.459 e. The molecule has 1 aliphatic rings. The van der Waals surface area contributed by atoms with E-state index >= 15 is 0 Å². The third kappa shape index (κ3) is 4.73. The fraction of sp³-hybridized carbons (Fsp3) is 0.333. The Morgan fingerprint density at radius 1 is 1.26 bits per heavy atom. The number of hydrogen-bond acceptors (Lipinski definition) is 5. The predicted octanol–water partition coefficient (Wildman–Crippen LogP) is 5.11. The molecule has 0 saturated heterocycles. The van der Waals surface area contributed by atoms with E-state index in [0.717, 1.165) is 31.6 Å². The zero-order valence-electron chi connectivity index (χ0n) is 18.8. The molecule has 1 N–H and O–H groups in total. The molecule has 1 aromatic carbocycles. The Labute approximate surface area is 212 Å². The predicted molar refractivity (Wildman–Crippen MR) is 112 cm³/mol. The van der Waals surface area contributed by atoms with Crippen LogP contribution in [0.5, 0.6) is 5.75 Å². The summed E-state index contributed by atoms with van der Waals surface area (Å²) in [6.45, 7) is -3.81. The Hall–Kier alpha value is -3.87. The second-order valence-electron chi connectivity index (χ2n) is 8.21. The van der Waals surface area contributed by atoms with Crippen LogP contribution in [0, 0.1) is 17.1 Å². The number of hydrogen-bond donors (Lipinski definition) is 1. The Morgan fingerprint density at radius 2 is 1.92 bits per heavy atom. The Kier molecular flexibility index (Phi) is 6.54. The number of carbonyl (C=O) groups is 1. The quantitative estimate of drug-likeness (QED) is 0.400. The molecule has 2 aromatic heterocycles. The molecule has 4 rings (SSSR count). The molecule has 1 fully saturated rings. The number of ether oxygens (including phenoxy) is 1. The SMILES string of the molecule is Cn1nc(C(F)(F)C(F)(F)F)c(OC(F)F)c1-n1cc(-c2cc(C(=O)NC3(C#N)CC3)c(Cl)cc2F)cn1. The van der Waals surface area contributed by atoms with E-state index in [1.807, 2.05) is 6.07 Å². The Balaban J connectivity index is 1.78. The number of alkyl halides is 7. The van der Waals surface area contributed by atoms with E-state index in [4.69, 9.17) is 16.9 Å². The molecular weight excluding hydrogens is 556 g/mol. The minimum Gasteiger partial charge on any atom is -0.428 e. The third-order valence-electron chi connectivity index (χ3n) is 5.56. The van der Waals surface area contributed by atoms with Gasteiger partial charge in [0.15, 0.2) is 17.3 Å². The van der Waals surface area contributed by atoms with Gasteiger partial charge in [0.25, 0.3) is 5.91 Å². The number of amides is 1. The molecule has 3 aromatic rings. The van der Waals surface area contributed by atoms with Crippen LogP contribution >= 0.6 is 11.6 Å². The van der Waals surface area contributed by atoms with Crippen molar-refractivity contribution in [3.63, 3.8) is 0 Å². The van der Waals surface area contributed by atoms with E-state index in [9.17, 15) is 39.9 Å². The molecule has 38 heavy (non-hydrogen) atoms. The topological polar surface area (TPSA) is 97.8 Å². The molecule has 17 heteroatoms. The summed E-state index contributed by atoms with van der Waals surface area (Å²) in [5.41, 5.74) is -3.90. The maximum Gasteiger partial charge on any atom is 0.459 e. The van der Waals surface area contributed by atoms with Crippen LogP contribution in [0.15, 0.2) is 24.5 Å². The number of halogens is 9. The first kappa shape index (κ1) is 27.2. The maximum atomic E-state index is 14.8. The number of aryl methyl sites for hydroxylation is 1. The summed E-state index contributed by atoms with van der Waals surface area (Å²) in [6.07, 6.45) is -3.57. The zero-order chi connectivity index (χ0) is 28.2. The molecule has 0 atom stereocenters. The summed E-state index contributed by atoms with van der Waals surface area (Å²) >= 11 is 5.98. The van der Waals surface area contributed by atoms with Crippen molar-refractivity contribution in [2.45, 2.75) is 37.1 Å². The Morgan fingerprint density at radius 3 is 2.47 bits per heavy atom. The van der Waals surface area contributed by atoms with Crippen molar-refractivity contribution >= 4 is 17.5 Å². The van der Waals surface area contributed by atoms with Crippen LogP contribution in [0.1, 0.15) is 28.9 Å². The van der Waals surface area contributed by atoms with Gasteiger partial charge in [-0.3, -0.25) is 4.79 Å². The van der Waals surface area contributed by atoms with Crippen LogP contribution in [0.25, 0.3) is 16.9 Å². The van der Waals surface area contributed by atoms with E-state index < -0.39 is 53.2 Å². The van der Waals surface area contributed by atoms with Crippen LogP contribution in [-0.4, -0.2) is 43.8 Å². The standard InChI is InChI=1S/C21H13ClF8N6O2/c1-35-17(14(38-18(24)25)15(34-35)20(26,27)21(28,29)30)36-7-9(6-32-36)10-4-11(12(22)5-13(10)23)16(37)33-19(8-31)2-3-19/h4-7,18H,2-3H2,1H3,(H,33,37). The van der Waals surface area contributed by atoms with Crippen molar-refractivity contribution in [2.75, 3.05) is 0 Å². The highest BCUT2D eigenvalue weighted by atomic mass is 35.5. The van der Waals surface area contributed by atoms with Gasteiger partial charge in [-0.1, -0.05) is 11.6 Å². The number of benzene rings is 1. The molecular formula is C21H13ClF8N6O2. The zero-order valence-corrected chi connectivity index (χ0v) is 19.5. The molecule has 0 spiro atoms. The first-order valence-electron chi connectivity index (χ1n) is 10.4. The van der Waals surface area contributed by atoms with E-state index in [0.29, 0.717) is 22.2 Å². The van der Waals surface area contributed by atoms with Crippen molar-refractivity contribution in [2.24, 2.45) is 7.05 Å². The summed E-state index contributed by atoms with van der Waals surface area (Å²) < 4.78 is 113. The van der Waals surface area contributed by atoms with Crippen molar-refractivity contribution in [3.8, 4) is 28.8 Å². The van der Waals surface area contributed by atoms with Crippen LogP contribution in [0.3, 0.4) is 0 Å². The van der Waals surface area contributed by atoms with Crippen LogP contribution < -0.4 is 10.1 Å². The van der Waals surface area contributed by atoms with Gasteiger partial charge in [0.05, 0.1) is 22.9 Å². The summed E-state index contributed by atoms with van der Waals surface area (Å²) in [5.74, 6) is -9.91. The fourth-order valence-electron chi connectivity index (χ4n) is 3.48. The molecule has 0 unspecified atom stereocenters. The minimum absolute atomic E-state index is 0.150. The van der Waals surface area contributed by atoms with Crippen molar-refractivity contribution in [1.29, 1.82) is 5.26 Å². The second kappa shape index (κ2) is 9.15. The van der Waals surface area contributed by atoms with Crippen LogP contribution in [0.4, 0.5) is 35.1 Å². The highest BCUT2D eigenvalue weighted by Crippen LogP contribution is 2.48. The second-order valence-corrected chi connectivity index (χ2v) is 8.62. The summed E-state index contributed by atoms with van der Waals surface area (Å²) in [7, 11) is 0.874. The number of aromatic nitrogens is 4. The van der Waals surface area contributed by atoms with Crippen LogP contribution in [-0.2, 0) is 13.0 Å². The lowest BCUT2D eigenvalue weighted by molar-refractivity contribution is -0.291. The van der Waals surface area contributed by atoms with Crippen LogP contribution in [0.2, 0.25) is 5.02 Å². The van der Waals surface area contributed by atoms with E-state index in [2.05, 4.69) is 20.3 Å². The lowest BCUT2D eigenvalue weighted by Crippen LogP contribution is -2.35. The lowest BCUT2D eigenvalue weighted by Gasteiger charge is -2.18. The van der Waals surface area contributed by atoms with Gasteiger partial charge in [-0.25, -0.2) is 13.8 Å². The number of nitriles is 1. The third-order valence-corrected chi connectivity index (χ3v) is 5.88. The van der Waals surface area contributed by atoms with Crippen molar-refractivity contribution in [3.05, 3.63) is 46.6 Å².